The summed E-state index contributed by atoms with van der Waals surface area (Å²) in [5, 5.41) is 3.13. The quantitative estimate of drug-likeness (QED) is 0.420. The van der Waals surface area contributed by atoms with Crippen molar-refractivity contribution in [2.75, 3.05) is 42.9 Å². The first kappa shape index (κ1) is 26.1. The molecule has 0 saturated carbocycles. The highest BCUT2D eigenvalue weighted by atomic mass is 32.1. The molecule has 37 heavy (non-hydrogen) atoms. The fourth-order valence-corrected chi connectivity index (χ4v) is 4.60. The highest BCUT2D eigenvalue weighted by molar-refractivity contribution is 7.80. The van der Waals surface area contributed by atoms with Crippen LogP contribution < -0.4 is 19.9 Å². The first-order valence-electron chi connectivity index (χ1n) is 11.9. The van der Waals surface area contributed by atoms with E-state index in [1.165, 1.54) is 29.2 Å². The van der Waals surface area contributed by atoms with Gasteiger partial charge in [-0.25, -0.2) is 4.39 Å². The Kier molecular flexibility index (Phi) is 8.03. The van der Waals surface area contributed by atoms with Crippen LogP contribution in [-0.4, -0.2) is 55.6 Å². The Labute approximate surface area is 221 Å². The average molecular weight is 521 g/mol. The number of rotatable bonds is 9. The van der Waals surface area contributed by atoms with Crippen molar-refractivity contribution in [3.63, 3.8) is 0 Å². The molecule has 3 aromatic rings. The van der Waals surface area contributed by atoms with Crippen LogP contribution in [0.1, 0.15) is 12.0 Å². The third-order valence-corrected chi connectivity index (χ3v) is 6.67. The Bertz CT molecular complexity index is 1260. The molecule has 0 aromatic heterocycles. The molecule has 1 aliphatic rings. The summed E-state index contributed by atoms with van der Waals surface area (Å²) >= 11 is 5.70. The Morgan fingerprint density at radius 2 is 1.68 bits per heavy atom. The van der Waals surface area contributed by atoms with Crippen molar-refractivity contribution < 1.29 is 18.7 Å². The Balaban J connectivity index is 1.53. The fourth-order valence-electron chi connectivity index (χ4n) is 4.19. The van der Waals surface area contributed by atoms with E-state index in [0.717, 1.165) is 11.3 Å². The Morgan fingerprint density at radius 3 is 2.27 bits per heavy atom. The van der Waals surface area contributed by atoms with Crippen molar-refractivity contribution in [3.05, 3.63) is 84.2 Å². The molecule has 1 unspecified atom stereocenters. The standard InChI is InChI=1S/C28H29FN4O3S/c1-31(2)22-10-4-19(5-11-22)16-17-32-25(18-26(34)30-21-8-14-24(36-3)15-9-21)27(35)33(28(32)37)23-12-6-20(29)7-13-23/h4-15,25H,16-18H2,1-3H3,(H,30,34). The van der Waals surface area contributed by atoms with Gasteiger partial charge in [0.2, 0.25) is 5.91 Å². The number of hydrogen-bond acceptors (Lipinski definition) is 5. The topological polar surface area (TPSA) is 65.1 Å². The molecule has 2 amide bonds. The fraction of sp³-hybridized carbons (Fsp3) is 0.250. The number of amides is 2. The summed E-state index contributed by atoms with van der Waals surface area (Å²) in [6, 6.07) is 19.9. The number of nitrogens with one attached hydrogen (secondary N) is 1. The van der Waals surface area contributed by atoms with Crippen LogP contribution in [0.5, 0.6) is 5.75 Å². The molecule has 0 bridgehead atoms. The van der Waals surface area contributed by atoms with Crippen molar-refractivity contribution in [1.82, 2.24) is 4.90 Å². The van der Waals surface area contributed by atoms with E-state index in [-0.39, 0.29) is 18.2 Å². The second-order valence-electron chi connectivity index (χ2n) is 8.93. The van der Waals surface area contributed by atoms with Gasteiger partial charge in [-0.15, -0.1) is 0 Å². The van der Waals surface area contributed by atoms with Crippen molar-refractivity contribution >= 4 is 46.2 Å². The maximum Gasteiger partial charge on any atom is 0.256 e. The molecule has 9 heteroatoms. The third-order valence-electron chi connectivity index (χ3n) is 6.25. The maximum absolute atomic E-state index is 13.5. The van der Waals surface area contributed by atoms with Gasteiger partial charge in [0.1, 0.15) is 17.6 Å². The van der Waals surface area contributed by atoms with Crippen LogP contribution in [0.2, 0.25) is 0 Å². The Hall–Kier alpha value is -3.98. The van der Waals surface area contributed by atoms with Crippen LogP contribution >= 0.6 is 12.2 Å². The summed E-state index contributed by atoms with van der Waals surface area (Å²) in [5.74, 6) is -0.360. The van der Waals surface area contributed by atoms with Gasteiger partial charge >= 0.3 is 0 Å². The Morgan fingerprint density at radius 1 is 1.03 bits per heavy atom. The lowest BCUT2D eigenvalue weighted by Crippen LogP contribution is -2.39. The molecule has 1 fully saturated rings. The van der Waals surface area contributed by atoms with Crippen molar-refractivity contribution in [1.29, 1.82) is 0 Å². The van der Waals surface area contributed by atoms with Gasteiger partial charge in [-0.05, 0) is 84.9 Å². The second kappa shape index (κ2) is 11.4. The van der Waals surface area contributed by atoms with E-state index in [1.54, 1.807) is 36.3 Å². The summed E-state index contributed by atoms with van der Waals surface area (Å²) in [5.41, 5.74) is 3.24. The van der Waals surface area contributed by atoms with Crippen LogP contribution in [0.15, 0.2) is 72.8 Å². The van der Waals surface area contributed by atoms with Gasteiger partial charge in [0.15, 0.2) is 5.11 Å². The molecule has 4 rings (SSSR count). The van der Waals surface area contributed by atoms with Gasteiger partial charge in [-0.3, -0.25) is 14.5 Å². The van der Waals surface area contributed by atoms with Crippen LogP contribution in [0.3, 0.4) is 0 Å². The zero-order chi connectivity index (χ0) is 26.5. The number of ether oxygens (including phenoxy) is 1. The number of halogens is 1. The van der Waals surface area contributed by atoms with Crippen molar-refractivity contribution in [2.24, 2.45) is 0 Å². The van der Waals surface area contributed by atoms with Crippen molar-refractivity contribution in [3.8, 4) is 5.75 Å². The largest absolute Gasteiger partial charge is 0.497 e. The highest BCUT2D eigenvalue weighted by Crippen LogP contribution is 2.28. The molecule has 0 radical (unpaired) electrons. The predicted molar refractivity (Wildman–Crippen MR) is 148 cm³/mol. The number of carbonyl (C=O) groups excluding carboxylic acids is 2. The number of nitrogens with zero attached hydrogens (tertiary/aromatic N) is 3. The van der Waals surface area contributed by atoms with E-state index in [4.69, 9.17) is 17.0 Å². The second-order valence-corrected chi connectivity index (χ2v) is 9.30. The monoisotopic (exact) mass is 520 g/mol. The number of methoxy groups -OCH3 is 1. The first-order valence-corrected chi connectivity index (χ1v) is 12.3. The molecule has 1 saturated heterocycles. The predicted octanol–water partition coefficient (Wildman–Crippen LogP) is 4.47. The first-order chi connectivity index (χ1) is 17.8. The van der Waals surface area contributed by atoms with Gasteiger partial charge < -0.3 is 19.9 Å². The number of hydrogen-bond donors (Lipinski definition) is 1. The molecule has 1 N–H and O–H groups in total. The molecule has 192 valence electrons. The molecule has 1 aliphatic heterocycles. The van der Waals surface area contributed by atoms with Crippen molar-refractivity contribution in [2.45, 2.75) is 18.9 Å². The van der Waals surface area contributed by atoms with E-state index in [1.807, 2.05) is 43.3 Å². The van der Waals surface area contributed by atoms with E-state index < -0.39 is 11.9 Å². The number of benzene rings is 3. The highest BCUT2D eigenvalue weighted by Gasteiger charge is 2.43. The molecular formula is C28H29FN4O3S. The smallest absolute Gasteiger partial charge is 0.256 e. The number of anilines is 3. The van der Waals surface area contributed by atoms with Gasteiger partial charge in [0.05, 0.1) is 19.2 Å². The average Bonchev–Trinajstić information content (AvgIpc) is 3.12. The summed E-state index contributed by atoms with van der Waals surface area (Å²) in [6.45, 7) is 0.448. The maximum atomic E-state index is 13.5. The number of carbonyl (C=O) groups is 2. The summed E-state index contributed by atoms with van der Waals surface area (Å²) in [4.78, 5) is 31.7. The molecule has 1 atom stereocenters. The van der Waals surface area contributed by atoms with Gasteiger partial charge in [0, 0.05) is 32.0 Å². The van der Waals surface area contributed by atoms with Gasteiger partial charge in [-0.2, -0.15) is 0 Å². The zero-order valence-corrected chi connectivity index (χ0v) is 21.8. The van der Waals surface area contributed by atoms with E-state index in [2.05, 4.69) is 5.32 Å². The van der Waals surface area contributed by atoms with E-state index in [0.29, 0.717) is 35.2 Å². The molecular weight excluding hydrogens is 491 g/mol. The van der Waals surface area contributed by atoms with Crippen LogP contribution in [0, 0.1) is 5.82 Å². The SMILES string of the molecule is COc1ccc(NC(=O)CC2C(=O)N(c3ccc(F)cc3)C(=S)N2CCc2ccc(N(C)C)cc2)cc1. The molecule has 1 heterocycles. The summed E-state index contributed by atoms with van der Waals surface area (Å²) < 4.78 is 18.7. The lowest BCUT2D eigenvalue weighted by atomic mass is 10.1. The lowest BCUT2D eigenvalue weighted by molar-refractivity contribution is -0.124. The summed E-state index contributed by atoms with van der Waals surface area (Å²) in [7, 11) is 5.53. The minimum Gasteiger partial charge on any atom is -0.497 e. The molecule has 3 aromatic carbocycles. The minimum absolute atomic E-state index is 0.0811. The van der Waals surface area contributed by atoms with Gasteiger partial charge in [0.25, 0.3) is 5.91 Å². The minimum atomic E-state index is -0.781. The third kappa shape index (κ3) is 6.06. The normalized spacial score (nSPS) is 15.2. The van der Waals surface area contributed by atoms with E-state index >= 15 is 0 Å². The van der Waals surface area contributed by atoms with Gasteiger partial charge in [-0.1, -0.05) is 12.1 Å². The van der Waals surface area contributed by atoms with Crippen LogP contribution in [0.25, 0.3) is 0 Å². The lowest BCUT2D eigenvalue weighted by Gasteiger charge is -2.24. The molecule has 0 aliphatic carbocycles. The zero-order valence-electron chi connectivity index (χ0n) is 21.0. The van der Waals surface area contributed by atoms with Crippen LogP contribution in [0.4, 0.5) is 21.5 Å². The molecule has 7 nitrogen and oxygen atoms in total. The van der Waals surface area contributed by atoms with Crippen LogP contribution in [-0.2, 0) is 16.0 Å². The number of thiocarbonyl (C=S) groups is 1. The summed E-state index contributed by atoms with van der Waals surface area (Å²) in [6.07, 6.45) is 0.553. The van der Waals surface area contributed by atoms with E-state index in [9.17, 15) is 14.0 Å². The molecule has 0 spiro atoms.